The summed E-state index contributed by atoms with van der Waals surface area (Å²) in [7, 11) is -3.04. The highest BCUT2D eigenvalue weighted by atomic mass is 32.2. The van der Waals surface area contributed by atoms with Crippen LogP contribution in [0.1, 0.15) is 18.4 Å². The first-order valence-corrected chi connectivity index (χ1v) is 10.2. The van der Waals surface area contributed by atoms with E-state index >= 15 is 0 Å². The number of benzene rings is 1. The fraction of sp³-hybridized carbons (Fsp3) is 0.529. The zero-order valence-electron chi connectivity index (χ0n) is 13.9. The van der Waals surface area contributed by atoms with Crippen molar-refractivity contribution in [3.05, 3.63) is 35.6 Å². The van der Waals surface area contributed by atoms with E-state index in [2.05, 4.69) is 0 Å². The van der Waals surface area contributed by atoms with E-state index in [0.717, 1.165) is 0 Å². The summed E-state index contributed by atoms with van der Waals surface area (Å²) in [6, 6.07) is 6.07. The van der Waals surface area contributed by atoms with Gasteiger partial charge in [-0.1, -0.05) is 12.1 Å². The van der Waals surface area contributed by atoms with E-state index in [1.165, 1.54) is 12.1 Å². The molecular formula is C17H21FN2O4S. The van der Waals surface area contributed by atoms with Crippen molar-refractivity contribution in [1.29, 1.82) is 0 Å². The summed E-state index contributed by atoms with van der Waals surface area (Å²) < 4.78 is 36.3. The summed E-state index contributed by atoms with van der Waals surface area (Å²) in [6.07, 6.45) is 0.748. The molecule has 2 saturated heterocycles. The summed E-state index contributed by atoms with van der Waals surface area (Å²) >= 11 is 0. The number of halogens is 1. The van der Waals surface area contributed by atoms with E-state index in [1.54, 1.807) is 21.9 Å². The van der Waals surface area contributed by atoms with Crippen molar-refractivity contribution in [1.82, 2.24) is 9.80 Å². The Labute approximate surface area is 146 Å². The molecule has 8 heteroatoms. The minimum atomic E-state index is -3.04. The highest BCUT2D eigenvalue weighted by Crippen LogP contribution is 2.22. The number of piperidine rings is 1. The van der Waals surface area contributed by atoms with Crippen LogP contribution in [0.2, 0.25) is 0 Å². The standard InChI is InChI=1S/C17H21FN2O4S/c18-15-3-1-2-13(10-15)11-20-12-14(4-5-16(20)21)17(22)19-6-8-25(23,24)9-7-19/h1-3,10,14H,4-9,11-12H2/t14-/m1/s1. The van der Waals surface area contributed by atoms with Gasteiger partial charge < -0.3 is 9.80 Å². The van der Waals surface area contributed by atoms with Gasteiger partial charge in [0.2, 0.25) is 11.8 Å². The largest absolute Gasteiger partial charge is 0.340 e. The Hall–Kier alpha value is -1.96. The monoisotopic (exact) mass is 368 g/mol. The number of sulfone groups is 1. The van der Waals surface area contributed by atoms with E-state index in [0.29, 0.717) is 12.0 Å². The van der Waals surface area contributed by atoms with Crippen molar-refractivity contribution in [2.24, 2.45) is 5.92 Å². The third kappa shape index (κ3) is 4.36. The molecule has 1 aromatic rings. The molecule has 0 radical (unpaired) electrons. The molecule has 0 aromatic heterocycles. The summed E-state index contributed by atoms with van der Waals surface area (Å²) in [4.78, 5) is 28.0. The number of rotatable bonds is 3. The molecule has 25 heavy (non-hydrogen) atoms. The molecule has 0 bridgehead atoms. The summed E-state index contributed by atoms with van der Waals surface area (Å²) in [5, 5.41) is 0. The predicted molar refractivity (Wildman–Crippen MR) is 89.8 cm³/mol. The fourth-order valence-corrected chi connectivity index (χ4v) is 4.52. The number of hydrogen-bond acceptors (Lipinski definition) is 4. The number of carbonyl (C=O) groups excluding carboxylic acids is 2. The maximum atomic E-state index is 13.3. The number of carbonyl (C=O) groups is 2. The number of hydrogen-bond donors (Lipinski definition) is 0. The van der Waals surface area contributed by atoms with Crippen molar-refractivity contribution in [2.45, 2.75) is 19.4 Å². The van der Waals surface area contributed by atoms with E-state index in [4.69, 9.17) is 0 Å². The molecule has 136 valence electrons. The van der Waals surface area contributed by atoms with E-state index < -0.39 is 9.84 Å². The van der Waals surface area contributed by atoms with Gasteiger partial charge >= 0.3 is 0 Å². The lowest BCUT2D eigenvalue weighted by atomic mass is 9.95. The molecule has 2 amide bonds. The number of likely N-dealkylation sites (tertiary alicyclic amines) is 1. The molecule has 1 aromatic carbocycles. The van der Waals surface area contributed by atoms with Crippen LogP contribution < -0.4 is 0 Å². The summed E-state index contributed by atoms with van der Waals surface area (Å²) in [6.45, 7) is 0.997. The Morgan fingerprint density at radius 2 is 1.96 bits per heavy atom. The summed E-state index contributed by atoms with van der Waals surface area (Å²) in [5.74, 6) is -0.827. The van der Waals surface area contributed by atoms with E-state index in [-0.39, 0.29) is 67.7 Å². The maximum Gasteiger partial charge on any atom is 0.227 e. The maximum absolute atomic E-state index is 13.3. The Morgan fingerprint density at radius 1 is 1.24 bits per heavy atom. The van der Waals surface area contributed by atoms with Gasteiger partial charge in [0.25, 0.3) is 0 Å². The zero-order valence-corrected chi connectivity index (χ0v) is 14.7. The average molecular weight is 368 g/mol. The van der Waals surface area contributed by atoms with Crippen LogP contribution in [0, 0.1) is 11.7 Å². The highest BCUT2D eigenvalue weighted by Gasteiger charge is 2.34. The molecule has 0 N–H and O–H groups in total. The minimum absolute atomic E-state index is 0.00258. The molecule has 0 aliphatic carbocycles. The van der Waals surface area contributed by atoms with Gasteiger partial charge in [-0.05, 0) is 24.1 Å². The second kappa shape index (κ2) is 7.11. The van der Waals surface area contributed by atoms with E-state index in [9.17, 15) is 22.4 Å². The third-order valence-electron chi connectivity index (χ3n) is 4.77. The van der Waals surface area contributed by atoms with Gasteiger partial charge in [0.05, 0.1) is 17.4 Å². The molecule has 0 unspecified atom stereocenters. The number of nitrogens with zero attached hydrogens (tertiary/aromatic N) is 2. The van der Waals surface area contributed by atoms with Crippen molar-refractivity contribution < 1.29 is 22.4 Å². The Morgan fingerprint density at radius 3 is 2.64 bits per heavy atom. The second-order valence-corrected chi connectivity index (χ2v) is 8.92. The van der Waals surface area contributed by atoms with Crippen LogP contribution in [0.25, 0.3) is 0 Å². The van der Waals surface area contributed by atoms with Gasteiger partial charge in [0, 0.05) is 32.6 Å². The lowest BCUT2D eigenvalue weighted by molar-refractivity contribution is -0.143. The summed E-state index contributed by atoms with van der Waals surface area (Å²) in [5.41, 5.74) is 0.686. The van der Waals surface area contributed by atoms with Gasteiger partial charge in [-0.15, -0.1) is 0 Å². The molecule has 2 aliphatic heterocycles. The van der Waals surface area contributed by atoms with Crippen molar-refractivity contribution >= 4 is 21.7 Å². The van der Waals surface area contributed by atoms with Crippen molar-refractivity contribution in [3.8, 4) is 0 Å². The van der Waals surface area contributed by atoms with Crippen LogP contribution in [0.15, 0.2) is 24.3 Å². The quantitative estimate of drug-likeness (QED) is 0.792. The molecule has 1 atom stereocenters. The van der Waals surface area contributed by atoms with Crippen LogP contribution in [0.4, 0.5) is 4.39 Å². The van der Waals surface area contributed by atoms with Gasteiger partial charge in [-0.2, -0.15) is 0 Å². The van der Waals surface area contributed by atoms with Crippen LogP contribution in [-0.2, 0) is 26.0 Å². The third-order valence-corrected chi connectivity index (χ3v) is 6.38. The van der Waals surface area contributed by atoms with Crippen LogP contribution >= 0.6 is 0 Å². The van der Waals surface area contributed by atoms with Crippen LogP contribution in [-0.4, -0.2) is 61.2 Å². The first kappa shape index (κ1) is 17.8. The first-order valence-electron chi connectivity index (χ1n) is 8.35. The minimum Gasteiger partial charge on any atom is -0.340 e. The SMILES string of the molecule is O=C1CC[C@@H](C(=O)N2CCS(=O)(=O)CC2)CN1Cc1cccc(F)c1. The first-order chi connectivity index (χ1) is 11.8. The van der Waals surface area contributed by atoms with Gasteiger partial charge in [0.1, 0.15) is 5.82 Å². The van der Waals surface area contributed by atoms with Crippen molar-refractivity contribution in [3.63, 3.8) is 0 Å². The molecule has 0 spiro atoms. The fourth-order valence-electron chi connectivity index (χ4n) is 3.32. The van der Waals surface area contributed by atoms with Gasteiger partial charge in [-0.25, -0.2) is 12.8 Å². The highest BCUT2D eigenvalue weighted by molar-refractivity contribution is 7.91. The molecule has 6 nitrogen and oxygen atoms in total. The molecule has 2 fully saturated rings. The zero-order chi connectivity index (χ0) is 18.0. The Bertz CT molecular complexity index is 767. The molecular weight excluding hydrogens is 347 g/mol. The predicted octanol–water partition coefficient (Wildman–Crippen LogP) is 0.821. The van der Waals surface area contributed by atoms with Crippen LogP contribution in [0.5, 0.6) is 0 Å². The Kier molecular flexibility index (Phi) is 5.08. The smallest absolute Gasteiger partial charge is 0.227 e. The Balaban J connectivity index is 1.64. The average Bonchev–Trinajstić information content (AvgIpc) is 2.56. The molecule has 3 rings (SSSR count). The van der Waals surface area contributed by atoms with Crippen molar-refractivity contribution in [2.75, 3.05) is 31.1 Å². The topological polar surface area (TPSA) is 74.8 Å². The molecule has 2 heterocycles. The molecule has 2 aliphatic rings. The van der Waals surface area contributed by atoms with Crippen LogP contribution in [0.3, 0.4) is 0 Å². The van der Waals surface area contributed by atoms with E-state index in [1.807, 2.05) is 0 Å². The molecule has 0 saturated carbocycles. The van der Waals surface area contributed by atoms with Gasteiger partial charge in [-0.3, -0.25) is 9.59 Å². The van der Waals surface area contributed by atoms with Gasteiger partial charge in [0.15, 0.2) is 9.84 Å². The number of amides is 2. The second-order valence-electron chi connectivity index (χ2n) is 6.62. The lowest BCUT2D eigenvalue weighted by Gasteiger charge is -2.36. The lowest BCUT2D eigenvalue weighted by Crippen LogP contribution is -2.50. The normalized spacial score (nSPS) is 23.6.